The molecule has 1 fully saturated rings. The van der Waals surface area contributed by atoms with Gasteiger partial charge in [-0.1, -0.05) is 12.1 Å². The number of fused-ring (bicyclic) bond motifs is 1. The maximum absolute atomic E-state index is 13.1. The lowest BCUT2D eigenvalue weighted by Crippen LogP contribution is -2.51. The molecule has 9 heteroatoms. The summed E-state index contributed by atoms with van der Waals surface area (Å²) in [6, 6.07) is 7.98. The Morgan fingerprint density at radius 1 is 0.931 bits per heavy atom. The Bertz CT molecular complexity index is 1290. The highest BCUT2D eigenvalue weighted by molar-refractivity contribution is 6.31. The predicted octanol–water partition coefficient (Wildman–Crippen LogP) is 1.18. The molecule has 1 aromatic carbocycles. The molecule has 2 aromatic heterocycles. The number of aryl methyl sites for hydroxylation is 2. The monoisotopic (exact) mass is 391 g/mol. The van der Waals surface area contributed by atoms with Crippen molar-refractivity contribution in [2.45, 2.75) is 20.8 Å². The maximum Gasteiger partial charge on any atom is 0.328 e. The van der Waals surface area contributed by atoms with Crippen LogP contribution in [0, 0.1) is 20.8 Å². The highest BCUT2D eigenvalue weighted by atomic mass is 16.2. The van der Waals surface area contributed by atoms with Gasteiger partial charge in [0.15, 0.2) is 0 Å². The lowest BCUT2D eigenvalue weighted by molar-refractivity contribution is -0.123. The van der Waals surface area contributed by atoms with Gasteiger partial charge in [0, 0.05) is 11.4 Å². The van der Waals surface area contributed by atoms with E-state index >= 15 is 0 Å². The van der Waals surface area contributed by atoms with Crippen LogP contribution in [0.25, 0.3) is 17.0 Å². The van der Waals surface area contributed by atoms with Crippen molar-refractivity contribution in [3.05, 3.63) is 69.0 Å². The average molecular weight is 391 g/mol. The molecule has 1 aliphatic heterocycles. The first-order valence-corrected chi connectivity index (χ1v) is 8.84. The van der Waals surface area contributed by atoms with Crippen molar-refractivity contribution < 1.29 is 14.4 Å². The van der Waals surface area contributed by atoms with E-state index in [0.717, 1.165) is 0 Å². The van der Waals surface area contributed by atoms with Crippen LogP contribution in [0.5, 0.6) is 0 Å². The van der Waals surface area contributed by atoms with Crippen LogP contribution in [0.4, 0.5) is 4.79 Å². The standard InChI is InChI=1S/C20H17N5O4/c1-10-8-13(9-15-17(26)22-20(29)23-18(15)27)11(2)24(10)25-12(3)21-16-7-5-4-6-14(16)19(25)28/h4-9H,1-3H3,(H2,22,23,26,27,29). The first kappa shape index (κ1) is 18.4. The van der Waals surface area contributed by atoms with E-state index in [1.54, 1.807) is 49.7 Å². The molecule has 0 radical (unpaired) electrons. The molecule has 0 saturated carbocycles. The van der Waals surface area contributed by atoms with E-state index in [2.05, 4.69) is 4.98 Å². The van der Waals surface area contributed by atoms with Crippen LogP contribution in [-0.2, 0) is 9.59 Å². The van der Waals surface area contributed by atoms with Gasteiger partial charge in [-0.25, -0.2) is 9.78 Å². The first-order valence-electron chi connectivity index (χ1n) is 8.84. The third-order valence-electron chi connectivity index (χ3n) is 4.79. The number of hydrogen-bond acceptors (Lipinski definition) is 5. The summed E-state index contributed by atoms with van der Waals surface area (Å²) in [5.41, 5.74) is 2.10. The summed E-state index contributed by atoms with van der Waals surface area (Å²) in [6.45, 7) is 5.31. The van der Waals surface area contributed by atoms with Gasteiger partial charge in [-0.05, 0) is 50.6 Å². The summed E-state index contributed by atoms with van der Waals surface area (Å²) in [7, 11) is 0. The topological polar surface area (TPSA) is 115 Å². The number of urea groups is 1. The lowest BCUT2D eigenvalue weighted by Gasteiger charge is -2.16. The highest BCUT2D eigenvalue weighted by Gasteiger charge is 2.28. The molecular formula is C20H17N5O4. The van der Waals surface area contributed by atoms with Crippen LogP contribution in [0.2, 0.25) is 0 Å². The van der Waals surface area contributed by atoms with Gasteiger partial charge in [0.05, 0.1) is 10.9 Å². The third kappa shape index (κ3) is 2.92. The molecule has 146 valence electrons. The van der Waals surface area contributed by atoms with E-state index < -0.39 is 17.8 Å². The van der Waals surface area contributed by atoms with Crippen molar-refractivity contribution in [3.63, 3.8) is 0 Å². The Labute approximate surface area is 164 Å². The molecule has 0 atom stereocenters. The normalized spacial score (nSPS) is 14.2. The summed E-state index contributed by atoms with van der Waals surface area (Å²) in [6.07, 6.45) is 1.39. The van der Waals surface area contributed by atoms with Gasteiger partial charge < -0.3 is 0 Å². The van der Waals surface area contributed by atoms with Gasteiger partial charge >= 0.3 is 6.03 Å². The van der Waals surface area contributed by atoms with Crippen LogP contribution in [0.1, 0.15) is 22.8 Å². The molecule has 0 bridgehead atoms. The number of barbiturate groups is 1. The van der Waals surface area contributed by atoms with Gasteiger partial charge in [0.2, 0.25) is 0 Å². The minimum Gasteiger partial charge on any atom is -0.273 e. The van der Waals surface area contributed by atoms with E-state index in [0.29, 0.717) is 33.7 Å². The second kappa shape index (κ2) is 6.55. The van der Waals surface area contributed by atoms with Gasteiger partial charge in [0.1, 0.15) is 11.4 Å². The second-order valence-electron chi connectivity index (χ2n) is 6.73. The number of benzene rings is 1. The van der Waals surface area contributed by atoms with Crippen LogP contribution < -0.4 is 16.2 Å². The van der Waals surface area contributed by atoms with Crippen molar-refractivity contribution in [2.24, 2.45) is 0 Å². The highest BCUT2D eigenvalue weighted by Crippen LogP contribution is 2.20. The third-order valence-corrected chi connectivity index (χ3v) is 4.79. The lowest BCUT2D eigenvalue weighted by atomic mass is 10.1. The predicted molar refractivity (Wildman–Crippen MR) is 105 cm³/mol. The zero-order chi connectivity index (χ0) is 20.9. The zero-order valence-corrected chi connectivity index (χ0v) is 15.9. The number of imide groups is 2. The fourth-order valence-corrected chi connectivity index (χ4v) is 3.46. The Morgan fingerprint density at radius 3 is 2.28 bits per heavy atom. The summed E-state index contributed by atoms with van der Waals surface area (Å²) in [5.74, 6) is -1.05. The molecule has 4 amide bonds. The molecule has 29 heavy (non-hydrogen) atoms. The summed E-state index contributed by atoms with van der Waals surface area (Å²) < 4.78 is 3.15. The van der Waals surface area contributed by atoms with E-state index in [4.69, 9.17) is 0 Å². The fourth-order valence-electron chi connectivity index (χ4n) is 3.46. The molecule has 4 rings (SSSR count). The van der Waals surface area contributed by atoms with Crippen molar-refractivity contribution in [3.8, 4) is 0 Å². The smallest absolute Gasteiger partial charge is 0.273 e. The molecule has 0 aliphatic carbocycles. The zero-order valence-electron chi connectivity index (χ0n) is 15.9. The van der Waals surface area contributed by atoms with Crippen LogP contribution in [0.15, 0.2) is 40.7 Å². The van der Waals surface area contributed by atoms with E-state index in [1.165, 1.54) is 10.8 Å². The Balaban J connectivity index is 1.90. The molecule has 2 N–H and O–H groups in total. The van der Waals surface area contributed by atoms with Gasteiger partial charge in [-0.3, -0.25) is 29.7 Å². The van der Waals surface area contributed by atoms with E-state index in [1.807, 2.05) is 16.7 Å². The van der Waals surface area contributed by atoms with Crippen molar-refractivity contribution in [1.82, 2.24) is 25.0 Å². The van der Waals surface area contributed by atoms with E-state index in [-0.39, 0.29) is 11.1 Å². The number of carbonyl (C=O) groups excluding carboxylic acids is 3. The summed E-state index contributed by atoms with van der Waals surface area (Å²) >= 11 is 0. The molecule has 3 aromatic rings. The molecule has 0 spiro atoms. The molecule has 3 heterocycles. The SMILES string of the molecule is Cc1cc(C=C2C(=O)NC(=O)NC2=O)c(C)n1-n1c(C)nc2ccccc2c1=O. The minimum atomic E-state index is -0.855. The number of rotatable bonds is 2. The summed E-state index contributed by atoms with van der Waals surface area (Å²) in [4.78, 5) is 52.9. The minimum absolute atomic E-state index is 0.189. The Hall–Kier alpha value is -4.01. The van der Waals surface area contributed by atoms with Gasteiger partial charge in [0.25, 0.3) is 17.4 Å². The van der Waals surface area contributed by atoms with Crippen molar-refractivity contribution >= 4 is 34.8 Å². The van der Waals surface area contributed by atoms with Crippen LogP contribution in [0.3, 0.4) is 0 Å². The Kier molecular flexibility index (Phi) is 4.15. The van der Waals surface area contributed by atoms with Crippen molar-refractivity contribution in [1.29, 1.82) is 0 Å². The van der Waals surface area contributed by atoms with Crippen LogP contribution in [-0.4, -0.2) is 32.2 Å². The molecule has 0 unspecified atom stereocenters. The number of para-hydroxylation sites is 1. The van der Waals surface area contributed by atoms with Crippen molar-refractivity contribution in [2.75, 3.05) is 0 Å². The fraction of sp³-hybridized carbons (Fsp3) is 0.150. The maximum atomic E-state index is 13.1. The van der Waals surface area contributed by atoms with Gasteiger partial charge in [-0.15, -0.1) is 0 Å². The molecule has 1 aliphatic rings. The molecule has 9 nitrogen and oxygen atoms in total. The second-order valence-corrected chi connectivity index (χ2v) is 6.73. The first-order chi connectivity index (χ1) is 13.8. The number of aromatic nitrogens is 3. The Morgan fingerprint density at radius 2 is 1.59 bits per heavy atom. The number of nitrogens with one attached hydrogen (secondary N) is 2. The molecule has 1 saturated heterocycles. The van der Waals surface area contributed by atoms with E-state index in [9.17, 15) is 19.2 Å². The largest absolute Gasteiger partial charge is 0.328 e. The number of hydrogen-bond donors (Lipinski definition) is 2. The summed E-state index contributed by atoms with van der Waals surface area (Å²) in [5, 5.41) is 4.56. The van der Waals surface area contributed by atoms with Crippen LogP contribution >= 0.6 is 0 Å². The quantitative estimate of drug-likeness (QED) is 0.503. The average Bonchev–Trinajstić information content (AvgIpc) is 2.92. The van der Waals surface area contributed by atoms with Gasteiger partial charge in [-0.2, -0.15) is 4.68 Å². The number of carbonyl (C=O) groups is 3. The number of nitrogens with zero attached hydrogens (tertiary/aromatic N) is 3. The number of amides is 4. The molecular weight excluding hydrogens is 374 g/mol.